The van der Waals surface area contributed by atoms with Crippen LogP contribution in [0.4, 0.5) is 0 Å². The molecule has 2 heterocycles. The van der Waals surface area contributed by atoms with Gasteiger partial charge in [-0.2, -0.15) is 0 Å². The second-order valence-electron chi connectivity index (χ2n) is 13.2. The summed E-state index contributed by atoms with van der Waals surface area (Å²) in [5, 5.41) is 16.5. The summed E-state index contributed by atoms with van der Waals surface area (Å²) < 4.78 is 31.3. The van der Waals surface area contributed by atoms with E-state index in [2.05, 4.69) is 54.0 Å². The van der Waals surface area contributed by atoms with E-state index >= 15 is 0 Å². The van der Waals surface area contributed by atoms with Crippen molar-refractivity contribution in [2.75, 3.05) is 33.4 Å². The second kappa shape index (κ2) is 10.3. The van der Waals surface area contributed by atoms with E-state index in [1.165, 1.54) is 5.57 Å². The van der Waals surface area contributed by atoms with Crippen LogP contribution in [0.5, 0.6) is 5.75 Å². The lowest BCUT2D eigenvalue weighted by atomic mass is 9.45. The largest absolute Gasteiger partial charge is 0.490 e. The number of aliphatic hydroxyl groups is 1. The summed E-state index contributed by atoms with van der Waals surface area (Å²) in [4.78, 5) is 4.73. The molecule has 10 heteroatoms. The van der Waals surface area contributed by atoms with Gasteiger partial charge in [-0.1, -0.05) is 59.6 Å². The molecule has 5 fully saturated rings. The van der Waals surface area contributed by atoms with E-state index in [-0.39, 0.29) is 31.3 Å². The number of rotatable bonds is 5. The number of nitrogens with zero attached hydrogens (tertiary/aromatic N) is 1. The van der Waals surface area contributed by atoms with Gasteiger partial charge in [0.1, 0.15) is 30.3 Å². The predicted octanol–water partition coefficient (Wildman–Crippen LogP) is 5.96. The third kappa shape index (κ3) is 3.87. The molecule has 7 rings (SSSR count). The molecule has 1 unspecified atom stereocenters. The maximum Gasteiger partial charge on any atom is 0.227 e. The summed E-state index contributed by atoms with van der Waals surface area (Å²) in [7, 11) is 0. The quantitative estimate of drug-likeness (QED) is 0.236. The van der Waals surface area contributed by atoms with E-state index in [9.17, 15) is 5.11 Å². The minimum Gasteiger partial charge on any atom is -0.490 e. The highest BCUT2D eigenvalue weighted by Gasteiger charge is 2.81. The smallest absolute Gasteiger partial charge is 0.227 e. The highest BCUT2D eigenvalue weighted by atomic mass is 79.9. The Morgan fingerprint density at radius 1 is 1.14 bits per heavy atom. The van der Waals surface area contributed by atoms with Crippen LogP contribution in [0.2, 0.25) is 0 Å². The highest BCUT2D eigenvalue weighted by Crippen LogP contribution is 2.74. The Kier molecular flexibility index (Phi) is 7.17. The molecule has 1 N–H and O–H groups in total. The van der Waals surface area contributed by atoms with Crippen LogP contribution in [0.3, 0.4) is 0 Å². The average molecular weight is 665 g/mol. The Labute approximate surface area is 260 Å². The Morgan fingerprint density at radius 3 is 2.76 bits per heavy atom. The maximum atomic E-state index is 12.1. The highest BCUT2D eigenvalue weighted by molar-refractivity contribution is 9.10. The topological polar surface area (TPSA) is 88.0 Å². The molecule has 9 atom stereocenters. The van der Waals surface area contributed by atoms with Crippen LogP contribution in [0.15, 0.2) is 57.7 Å². The van der Waals surface area contributed by atoms with Crippen LogP contribution >= 0.6 is 27.5 Å². The number of benzene rings is 1. The molecule has 6 aliphatic rings. The van der Waals surface area contributed by atoms with Gasteiger partial charge in [-0.05, 0) is 73.8 Å². The van der Waals surface area contributed by atoms with Crippen molar-refractivity contribution in [1.82, 2.24) is 0 Å². The molecular weight excluding hydrogens is 626 g/mol. The SMILES string of the molecule is C[C@H]1C[C@H]2[C@@H]3CCC4=CC(=NOCCOc5cccc(Br)c5)C=C[C@]4(C)[C@@]3(Cl)[C@@H](O)C[C@]2(C)[C@]12OCOC21COCO1. The zero-order valence-corrected chi connectivity index (χ0v) is 26.7. The average Bonchev–Trinajstić information content (AvgIpc) is 3.65. The number of ether oxygens (including phenoxy) is 5. The van der Waals surface area contributed by atoms with Crippen molar-refractivity contribution in [3.05, 3.63) is 52.5 Å². The lowest BCUT2D eigenvalue weighted by molar-refractivity contribution is -0.264. The Hall–Kier alpha value is -1.46. The van der Waals surface area contributed by atoms with E-state index in [1.54, 1.807) is 0 Å². The van der Waals surface area contributed by atoms with Crippen LogP contribution in [-0.4, -0.2) is 66.6 Å². The Morgan fingerprint density at radius 2 is 1.98 bits per heavy atom. The molecule has 2 saturated heterocycles. The standard InChI is InChI=1S/C32H39BrClNO7/c1-20-13-26-25-8-7-21-14-23(35-42-12-11-38-24-6-4-5-22(33)15-24)9-10-28(21,2)31(25,34)27(36)16-29(26,3)32(20)30(40-19-41-32)17-37-18-39-30/h4-6,9-10,14-15,20,25-27,36H,7-8,11-13,16-19H2,1-3H3/t20-,25-,26-,27-,28-,29-,30?,31-,32+/m0/s1. The molecule has 1 aromatic carbocycles. The number of fused-ring (bicyclic) bond motifs is 7. The molecule has 8 nitrogen and oxygen atoms in total. The van der Waals surface area contributed by atoms with E-state index in [4.69, 9.17) is 40.1 Å². The molecule has 42 heavy (non-hydrogen) atoms. The van der Waals surface area contributed by atoms with Gasteiger partial charge in [0.25, 0.3) is 0 Å². The first-order valence-electron chi connectivity index (χ1n) is 14.9. The number of hydrogen-bond donors (Lipinski definition) is 1. The predicted molar refractivity (Wildman–Crippen MR) is 160 cm³/mol. The van der Waals surface area contributed by atoms with Crippen molar-refractivity contribution in [3.8, 4) is 5.75 Å². The Balaban J connectivity index is 1.10. The molecule has 0 bridgehead atoms. The summed E-state index contributed by atoms with van der Waals surface area (Å²) in [5.41, 5.74) is 0.281. The van der Waals surface area contributed by atoms with Crippen molar-refractivity contribution >= 4 is 33.2 Å². The van der Waals surface area contributed by atoms with Crippen LogP contribution in [-0.2, 0) is 23.8 Å². The van der Waals surface area contributed by atoms with Crippen molar-refractivity contribution < 1.29 is 33.6 Å². The van der Waals surface area contributed by atoms with Crippen LogP contribution in [0.1, 0.15) is 46.5 Å². The number of allylic oxidation sites excluding steroid dienone is 4. The Bertz CT molecular complexity index is 1330. The first-order valence-corrected chi connectivity index (χ1v) is 16.1. The first-order chi connectivity index (χ1) is 20.1. The number of alkyl halides is 1. The molecular formula is C32H39BrClNO7. The van der Waals surface area contributed by atoms with Gasteiger partial charge >= 0.3 is 0 Å². The third-order valence-corrected chi connectivity index (χ3v) is 12.8. The lowest BCUT2D eigenvalue weighted by Crippen LogP contribution is -2.71. The molecule has 228 valence electrons. The summed E-state index contributed by atoms with van der Waals surface area (Å²) in [6.07, 6.45) is 8.59. The fourth-order valence-electron chi connectivity index (χ4n) is 9.68. The van der Waals surface area contributed by atoms with E-state index in [1.807, 2.05) is 30.3 Å². The normalized spacial score (nSPS) is 46.5. The van der Waals surface area contributed by atoms with Gasteiger partial charge in [0.2, 0.25) is 5.79 Å². The maximum absolute atomic E-state index is 12.1. The fraction of sp³-hybridized carbons (Fsp3) is 0.656. The van der Waals surface area contributed by atoms with E-state index < -0.39 is 33.2 Å². The molecule has 0 aromatic heterocycles. The van der Waals surface area contributed by atoms with Gasteiger partial charge < -0.3 is 33.6 Å². The molecule has 2 spiro atoms. The zero-order chi connectivity index (χ0) is 29.4. The van der Waals surface area contributed by atoms with Crippen molar-refractivity contribution in [2.45, 2.75) is 68.8 Å². The van der Waals surface area contributed by atoms with Gasteiger partial charge in [-0.25, -0.2) is 0 Å². The molecule has 1 aromatic rings. The molecule has 3 saturated carbocycles. The number of oxime groups is 1. The van der Waals surface area contributed by atoms with Crippen LogP contribution in [0.25, 0.3) is 0 Å². The van der Waals surface area contributed by atoms with Gasteiger partial charge in [0, 0.05) is 15.3 Å². The first kappa shape index (κ1) is 29.3. The van der Waals surface area contributed by atoms with Gasteiger partial charge in [-0.15, -0.1) is 11.6 Å². The lowest BCUT2D eigenvalue weighted by Gasteiger charge is -2.64. The fourth-order valence-corrected chi connectivity index (χ4v) is 10.6. The number of halogens is 2. The number of aliphatic hydroxyl groups excluding tert-OH is 1. The summed E-state index contributed by atoms with van der Waals surface area (Å²) >= 11 is 11.2. The molecule has 0 radical (unpaired) electrons. The van der Waals surface area contributed by atoms with E-state index in [0.29, 0.717) is 26.2 Å². The zero-order valence-electron chi connectivity index (χ0n) is 24.3. The summed E-state index contributed by atoms with van der Waals surface area (Å²) in [5.74, 6) is 0.278. The summed E-state index contributed by atoms with van der Waals surface area (Å²) in [6, 6.07) is 7.70. The molecule has 2 aliphatic heterocycles. The van der Waals surface area contributed by atoms with Gasteiger partial charge in [0.15, 0.2) is 20.2 Å². The van der Waals surface area contributed by atoms with Crippen molar-refractivity contribution in [2.24, 2.45) is 33.7 Å². The second-order valence-corrected chi connectivity index (χ2v) is 14.7. The van der Waals surface area contributed by atoms with E-state index in [0.717, 1.165) is 35.2 Å². The minimum absolute atomic E-state index is 0.0787. The van der Waals surface area contributed by atoms with Crippen molar-refractivity contribution in [1.29, 1.82) is 0 Å². The van der Waals surface area contributed by atoms with Crippen molar-refractivity contribution in [3.63, 3.8) is 0 Å². The monoisotopic (exact) mass is 663 g/mol. The minimum atomic E-state index is -0.954. The summed E-state index contributed by atoms with van der Waals surface area (Å²) in [6.45, 7) is 8.05. The molecule has 0 amide bonds. The third-order valence-electron chi connectivity index (χ3n) is 11.4. The number of hydrogen-bond acceptors (Lipinski definition) is 8. The van der Waals surface area contributed by atoms with Crippen LogP contribution in [0, 0.1) is 28.6 Å². The van der Waals surface area contributed by atoms with Gasteiger partial charge in [-0.3, -0.25) is 0 Å². The van der Waals surface area contributed by atoms with Gasteiger partial charge in [0.05, 0.1) is 11.0 Å². The van der Waals surface area contributed by atoms with Crippen LogP contribution < -0.4 is 4.74 Å². The molecule has 4 aliphatic carbocycles.